The molecule has 1 atom stereocenters. The van der Waals surface area contributed by atoms with Crippen LogP contribution in [0.25, 0.3) is 0 Å². The molecule has 1 amide bonds. The second-order valence-corrected chi connectivity index (χ2v) is 6.95. The second kappa shape index (κ2) is 7.59. The number of carbonyl (C=O) groups excluding carboxylic acids is 1. The van der Waals surface area contributed by atoms with E-state index in [0.29, 0.717) is 24.9 Å². The van der Waals surface area contributed by atoms with Crippen LogP contribution in [-0.4, -0.2) is 54.5 Å². The minimum Gasteiger partial charge on any atom is -0.341 e. The van der Waals surface area contributed by atoms with Crippen LogP contribution in [0, 0.1) is 5.41 Å². The summed E-state index contributed by atoms with van der Waals surface area (Å²) in [5.41, 5.74) is 6.12. The third kappa shape index (κ3) is 3.98. The lowest BCUT2D eigenvalue weighted by Gasteiger charge is -2.37. The molecule has 1 heterocycles. The highest BCUT2D eigenvalue weighted by Crippen LogP contribution is 2.39. The summed E-state index contributed by atoms with van der Waals surface area (Å²) in [5.74, 6) is 0.344. The van der Waals surface area contributed by atoms with Crippen LogP contribution in [0.5, 0.6) is 0 Å². The Labute approximate surface area is 130 Å². The van der Waals surface area contributed by atoms with Crippen molar-refractivity contribution in [3.05, 3.63) is 0 Å². The maximum Gasteiger partial charge on any atom is 0.223 e. The first-order chi connectivity index (χ1) is 10.1. The van der Waals surface area contributed by atoms with E-state index in [1.165, 1.54) is 19.3 Å². The first-order valence-corrected chi connectivity index (χ1v) is 8.86. The van der Waals surface area contributed by atoms with E-state index in [0.717, 1.165) is 45.4 Å². The Hall–Kier alpha value is -0.610. The zero-order valence-electron chi connectivity index (χ0n) is 13.9. The summed E-state index contributed by atoms with van der Waals surface area (Å²) < 4.78 is 0. The van der Waals surface area contributed by atoms with Gasteiger partial charge in [-0.2, -0.15) is 0 Å². The molecule has 2 N–H and O–H groups in total. The molecule has 2 aliphatic rings. The normalized spacial score (nSPS) is 25.5. The van der Waals surface area contributed by atoms with Crippen LogP contribution in [0.15, 0.2) is 0 Å². The molecule has 2 rings (SSSR count). The monoisotopic (exact) mass is 295 g/mol. The van der Waals surface area contributed by atoms with E-state index < -0.39 is 0 Å². The standard InChI is InChI=1S/C17H33N3O/c1-3-19(4-2)15-8-11-20(13-15)16(21)12-17(14-18)9-6-5-7-10-17/h15H,3-14,18H2,1-2H3. The smallest absolute Gasteiger partial charge is 0.223 e. The van der Waals surface area contributed by atoms with Crippen molar-refractivity contribution in [2.75, 3.05) is 32.7 Å². The van der Waals surface area contributed by atoms with Gasteiger partial charge in [-0.3, -0.25) is 9.69 Å². The molecule has 1 unspecified atom stereocenters. The van der Waals surface area contributed by atoms with Gasteiger partial charge in [-0.1, -0.05) is 33.1 Å². The number of nitrogens with two attached hydrogens (primary N) is 1. The first-order valence-electron chi connectivity index (χ1n) is 8.86. The molecule has 0 spiro atoms. The van der Waals surface area contributed by atoms with Gasteiger partial charge < -0.3 is 10.6 Å². The van der Waals surface area contributed by atoms with E-state index in [1.54, 1.807) is 0 Å². The SMILES string of the molecule is CCN(CC)C1CCN(C(=O)CC2(CN)CCCCC2)C1. The van der Waals surface area contributed by atoms with Crippen LogP contribution in [-0.2, 0) is 4.79 Å². The number of rotatable bonds is 6. The van der Waals surface area contributed by atoms with Gasteiger partial charge in [0.15, 0.2) is 0 Å². The fraction of sp³-hybridized carbons (Fsp3) is 0.941. The summed E-state index contributed by atoms with van der Waals surface area (Å²) in [6.07, 6.45) is 7.88. The predicted molar refractivity (Wildman–Crippen MR) is 87.1 cm³/mol. The summed E-state index contributed by atoms with van der Waals surface area (Å²) in [5, 5.41) is 0. The van der Waals surface area contributed by atoms with Gasteiger partial charge in [-0.15, -0.1) is 0 Å². The van der Waals surface area contributed by atoms with Gasteiger partial charge in [0, 0.05) is 25.6 Å². The predicted octanol–water partition coefficient (Wildman–Crippen LogP) is 2.23. The van der Waals surface area contributed by atoms with E-state index in [-0.39, 0.29) is 5.41 Å². The topological polar surface area (TPSA) is 49.6 Å². The summed E-state index contributed by atoms with van der Waals surface area (Å²) in [6, 6.07) is 0.559. The fourth-order valence-electron chi connectivity index (χ4n) is 4.19. The fourth-order valence-corrected chi connectivity index (χ4v) is 4.19. The largest absolute Gasteiger partial charge is 0.341 e. The molecule has 0 radical (unpaired) electrons. The van der Waals surface area contributed by atoms with Gasteiger partial charge in [0.2, 0.25) is 5.91 Å². The molecule has 0 aromatic carbocycles. The number of carbonyl (C=O) groups is 1. The van der Waals surface area contributed by atoms with E-state index >= 15 is 0 Å². The Kier molecular flexibility index (Phi) is 6.06. The van der Waals surface area contributed by atoms with Crippen LogP contribution in [0.2, 0.25) is 0 Å². The summed E-state index contributed by atoms with van der Waals surface area (Å²) in [7, 11) is 0. The number of likely N-dealkylation sites (N-methyl/N-ethyl adjacent to an activating group) is 1. The molecule has 1 aliphatic heterocycles. The van der Waals surface area contributed by atoms with E-state index in [2.05, 4.69) is 23.6 Å². The molecule has 21 heavy (non-hydrogen) atoms. The molecular formula is C17H33N3O. The van der Waals surface area contributed by atoms with Gasteiger partial charge in [-0.05, 0) is 44.3 Å². The molecule has 1 saturated carbocycles. The third-order valence-electron chi connectivity index (χ3n) is 5.72. The highest BCUT2D eigenvalue weighted by molar-refractivity contribution is 5.77. The van der Waals surface area contributed by atoms with Crippen LogP contribution in [0.3, 0.4) is 0 Å². The van der Waals surface area contributed by atoms with Crippen molar-refractivity contribution in [3.63, 3.8) is 0 Å². The molecule has 4 heteroatoms. The number of nitrogens with zero attached hydrogens (tertiary/aromatic N) is 2. The van der Waals surface area contributed by atoms with Crippen molar-refractivity contribution in [2.24, 2.45) is 11.1 Å². The van der Waals surface area contributed by atoms with Crippen LogP contribution in [0.4, 0.5) is 0 Å². The maximum absolute atomic E-state index is 12.7. The van der Waals surface area contributed by atoms with Crippen molar-refractivity contribution in [1.82, 2.24) is 9.80 Å². The average molecular weight is 295 g/mol. The van der Waals surface area contributed by atoms with Crippen LogP contribution < -0.4 is 5.73 Å². The first kappa shape index (κ1) is 16.8. The molecule has 0 aromatic heterocycles. The molecule has 0 bridgehead atoms. The summed E-state index contributed by atoms with van der Waals surface area (Å²) in [4.78, 5) is 17.2. The number of hydrogen-bond donors (Lipinski definition) is 1. The van der Waals surface area contributed by atoms with Crippen molar-refractivity contribution in [2.45, 2.75) is 64.8 Å². The van der Waals surface area contributed by atoms with Gasteiger partial charge in [0.05, 0.1) is 0 Å². The Balaban J connectivity index is 1.89. The van der Waals surface area contributed by atoms with E-state index in [4.69, 9.17) is 5.73 Å². The second-order valence-electron chi connectivity index (χ2n) is 6.95. The molecule has 4 nitrogen and oxygen atoms in total. The lowest BCUT2D eigenvalue weighted by atomic mass is 9.71. The highest BCUT2D eigenvalue weighted by Gasteiger charge is 2.36. The van der Waals surface area contributed by atoms with E-state index in [1.807, 2.05) is 0 Å². The Morgan fingerprint density at radius 3 is 2.48 bits per heavy atom. The molecule has 0 aromatic rings. The summed E-state index contributed by atoms with van der Waals surface area (Å²) in [6.45, 7) is 9.10. The minimum atomic E-state index is 0.0998. The van der Waals surface area contributed by atoms with Crippen LogP contribution >= 0.6 is 0 Å². The molecule has 1 aliphatic carbocycles. The Bertz CT molecular complexity index is 335. The quantitative estimate of drug-likeness (QED) is 0.817. The minimum absolute atomic E-state index is 0.0998. The zero-order valence-corrected chi connectivity index (χ0v) is 13.9. The van der Waals surface area contributed by atoms with Gasteiger partial charge in [0.1, 0.15) is 0 Å². The maximum atomic E-state index is 12.7. The van der Waals surface area contributed by atoms with Crippen molar-refractivity contribution >= 4 is 5.91 Å². The number of amides is 1. The van der Waals surface area contributed by atoms with Crippen molar-refractivity contribution < 1.29 is 4.79 Å². The zero-order chi connectivity index (χ0) is 15.3. The van der Waals surface area contributed by atoms with Gasteiger partial charge in [-0.25, -0.2) is 0 Å². The third-order valence-corrected chi connectivity index (χ3v) is 5.72. The van der Waals surface area contributed by atoms with Gasteiger partial charge >= 0.3 is 0 Å². The highest BCUT2D eigenvalue weighted by atomic mass is 16.2. The Morgan fingerprint density at radius 2 is 1.90 bits per heavy atom. The van der Waals surface area contributed by atoms with Gasteiger partial charge in [0.25, 0.3) is 0 Å². The average Bonchev–Trinajstić information content (AvgIpc) is 2.99. The molecule has 122 valence electrons. The van der Waals surface area contributed by atoms with Crippen molar-refractivity contribution in [3.8, 4) is 0 Å². The number of likely N-dealkylation sites (tertiary alicyclic amines) is 1. The van der Waals surface area contributed by atoms with E-state index in [9.17, 15) is 4.79 Å². The number of hydrogen-bond acceptors (Lipinski definition) is 3. The van der Waals surface area contributed by atoms with Crippen LogP contribution in [0.1, 0.15) is 58.8 Å². The van der Waals surface area contributed by atoms with Crippen molar-refractivity contribution in [1.29, 1.82) is 0 Å². The lowest BCUT2D eigenvalue weighted by molar-refractivity contribution is -0.133. The molecule has 1 saturated heterocycles. The molecule has 2 fully saturated rings. The Morgan fingerprint density at radius 1 is 1.24 bits per heavy atom. The lowest BCUT2D eigenvalue weighted by Crippen LogP contribution is -2.42. The molecular weight excluding hydrogens is 262 g/mol. The summed E-state index contributed by atoms with van der Waals surface area (Å²) >= 11 is 0.